The third kappa shape index (κ3) is 7.19. The van der Waals surface area contributed by atoms with Crippen molar-refractivity contribution in [3.05, 3.63) is 0 Å². The van der Waals surface area contributed by atoms with E-state index in [2.05, 4.69) is 0 Å². The maximum atomic E-state index is 11.3. The Morgan fingerprint density at radius 1 is 1.14 bits per heavy atom. The maximum absolute atomic E-state index is 11.3. The molecule has 0 atom stereocenters. The number of hydrogen-bond acceptors (Lipinski definition) is 2. The summed E-state index contributed by atoms with van der Waals surface area (Å²) in [5, 5.41) is 0. The number of halogens is 1. The van der Waals surface area contributed by atoms with Crippen molar-refractivity contribution in [2.24, 2.45) is 5.41 Å². The summed E-state index contributed by atoms with van der Waals surface area (Å²) in [6.45, 7) is 6.13. The molecule has 0 aliphatic heterocycles. The van der Waals surface area contributed by atoms with E-state index in [0.29, 0.717) is 6.61 Å². The molecular formula is C11H21ClO2. The van der Waals surface area contributed by atoms with Crippen LogP contribution in [0.2, 0.25) is 0 Å². The summed E-state index contributed by atoms with van der Waals surface area (Å²) in [5.41, 5.74) is -0.379. The largest absolute Gasteiger partial charge is 0.465 e. The molecule has 0 unspecified atom stereocenters. The van der Waals surface area contributed by atoms with Crippen LogP contribution in [0.15, 0.2) is 0 Å². The number of unbranched alkanes of at least 4 members (excludes halogenated alkanes) is 3. The minimum Gasteiger partial charge on any atom is -0.465 e. The van der Waals surface area contributed by atoms with Crippen LogP contribution in [-0.2, 0) is 9.53 Å². The van der Waals surface area contributed by atoms with Gasteiger partial charge in [0.1, 0.15) is 0 Å². The summed E-state index contributed by atoms with van der Waals surface area (Å²) >= 11 is 5.54. The molecule has 14 heavy (non-hydrogen) atoms. The fraction of sp³-hybridized carbons (Fsp3) is 0.909. The van der Waals surface area contributed by atoms with Gasteiger partial charge in [0.25, 0.3) is 0 Å². The zero-order chi connectivity index (χ0) is 11.0. The van der Waals surface area contributed by atoms with Crippen molar-refractivity contribution < 1.29 is 9.53 Å². The van der Waals surface area contributed by atoms with E-state index in [4.69, 9.17) is 16.3 Å². The number of hydrogen-bond donors (Lipinski definition) is 0. The quantitative estimate of drug-likeness (QED) is 0.390. The smallest absolute Gasteiger partial charge is 0.311 e. The Balaban J connectivity index is 3.33. The first-order valence-corrected chi connectivity index (χ1v) is 5.75. The van der Waals surface area contributed by atoms with Gasteiger partial charge < -0.3 is 4.74 Å². The Hall–Kier alpha value is -0.240. The van der Waals surface area contributed by atoms with E-state index in [0.717, 1.165) is 31.6 Å². The van der Waals surface area contributed by atoms with Gasteiger partial charge in [-0.15, -0.1) is 11.6 Å². The number of carbonyl (C=O) groups is 1. The highest BCUT2D eigenvalue weighted by Gasteiger charge is 2.22. The summed E-state index contributed by atoms with van der Waals surface area (Å²) in [4.78, 5) is 11.3. The van der Waals surface area contributed by atoms with Gasteiger partial charge in [-0.05, 0) is 33.6 Å². The van der Waals surface area contributed by atoms with Crippen molar-refractivity contribution in [2.45, 2.75) is 46.5 Å². The van der Waals surface area contributed by atoms with E-state index >= 15 is 0 Å². The molecule has 0 aromatic heterocycles. The lowest BCUT2D eigenvalue weighted by molar-refractivity contribution is -0.153. The fourth-order valence-electron chi connectivity index (χ4n) is 0.931. The Morgan fingerprint density at radius 2 is 1.71 bits per heavy atom. The van der Waals surface area contributed by atoms with Gasteiger partial charge in [-0.3, -0.25) is 4.79 Å². The monoisotopic (exact) mass is 220 g/mol. The van der Waals surface area contributed by atoms with E-state index in [1.165, 1.54) is 0 Å². The van der Waals surface area contributed by atoms with Crippen LogP contribution in [0.25, 0.3) is 0 Å². The van der Waals surface area contributed by atoms with E-state index in [1.54, 1.807) is 0 Å². The predicted octanol–water partition coefficient (Wildman–Crippen LogP) is 3.37. The molecule has 0 aromatic carbocycles. The molecule has 0 radical (unpaired) electrons. The lowest BCUT2D eigenvalue weighted by Crippen LogP contribution is -2.23. The van der Waals surface area contributed by atoms with Crippen molar-refractivity contribution in [3.8, 4) is 0 Å². The van der Waals surface area contributed by atoms with Crippen LogP contribution in [0, 0.1) is 5.41 Å². The first kappa shape index (κ1) is 13.8. The molecule has 0 aliphatic rings. The van der Waals surface area contributed by atoms with Gasteiger partial charge in [0.05, 0.1) is 12.0 Å². The Morgan fingerprint density at radius 3 is 2.21 bits per heavy atom. The molecule has 0 amide bonds. The van der Waals surface area contributed by atoms with Crippen LogP contribution in [0.5, 0.6) is 0 Å². The number of carbonyl (C=O) groups excluding carboxylic acids is 1. The van der Waals surface area contributed by atoms with Crippen molar-refractivity contribution in [2.75, 3.05) is 12.5 Å². The van der Waals surface area contributed by atoms with Gasteiger partial charge in [-0.25, -0.2) is 0 Å². The Bertz CT molecular complexity index is 161. The fourth-order valence-corrected chi connectivity index (χ4v) is 1.12. The minimum atomic E-state index is -0.379. The third-order valence-electron chi connectivity index (χ3n) is 1.87. The summed E-state index contributed by atoms with van der Waals surface area (Å²) in [6, 6.07) is 0. The number of rotatable bonds is 6. The first-order chi connectivity index (χ1) is 6.48. The summed E-state index contributed by atoms with van der Waals surface area (Å²) < 4.78 is 5.11. The second-order valence-electron chi connectivity index (χ2n) is 4.49. The summed E-state index contributed by atoms with van der Waals surface area (Å²) in [6.07, 6.45) is 4.20. The summed E-state index contributed by atoms with van der Waals surface area (Å²) in [5.74, 6) is 0.608. The van der Waals surface area contributed by atoms with Crippen LogP contribution >= 0.6 is 11.6 Å². The molecule has 0 N–H and O–H groups in total. The zero-order valence-electron chi connectivity index (χ0n) is 9.44. The molecule has 0 saturated carbocycles. The maximum Gasteiger partial charge on any atom is 0.311 e. The zero-order valence-corrected chi connectivity index (χ0v) is 10.2. The molecule has 2 nitrogen and oxygen atoms in total. The Kier molecular flexibility index (Phi) is 6.98. The number of ether oxygens (including phenoxy) is 1. The van der Waals surface area contributed by atoms with Crippen molar-refractivity contribution >= 4 is 17.6 Å². The lowest BCUT2D eigenvalue weighted by Gasteiger charge is -2.16. The standard InChI is InChI=1S/C11H21ClO2/c1-11(2,3)10(13)14-9-7-5-4-6-8-12/h4-9H2,1-3H3. The molecule has 0 fully saturated rings. The van der Waals surface area contributed by atoms with E-state index in [1.807, 2.05) is 20.8 Å². The molecule has 0 spiro atoms. The van der Waals surface area contributed by atoms with Crippen LogP contribution < -0.4 is 0 Å². The summed E-state index contributed by atoms with van der Waals surface area (Å²) in [7, 11) is 0. The molecule has 84 valence electrons. The number of esters is 1. The molecule has 0 heterocycles. The highest BCUT2D eigenvalue weighted by molar-refractivity contribution is 6.17. The molecular weight excluding hydrogens is 200 g/mol. The van der Waals surface area contributed by atoms with Gasteiger partial charge in [0.15, 0.2) is 0 Å². The van der Waals surface area contributed by atoms with Crippen molar-refractivity contribution in [1.82, 2.24) is 0 Å². The van der Waals surface area contributed by atoms with E-state index < -0.39 is 0 Å². The second-order valence-corrected chi connectivity index (χ2v) is 4.87. The van der Waals surface area contributed by atoms with Crippen LogP contribution in [0.3, 0.4) is 0 Å². The Labute approximate surface area is 92.0 Å². The number of alkyl halides is 1. The first-order valence-electron chi connectivity index (χ1n) is 5.21. The van der Waals surface area contributed by atoms with E-state index in [9.17, 15) is 4.79 Å². The molecule has 0 rings (SSSR count). The molecule has 3 heteroatoms. The highest BCUT2D eigenvalue weighted by Crippen LogP contribution is 2.15. The van der Waals surface area contributed by atoms with Gasteiger partial charge in [-0.2, -0.15) is 0 Å². The van der Waals surface area contributed by atoms with E-state index in [-0.39, 0.29) is 11.4 Å². The van der Waals surface area contributed by atoms with Gasteiger partial charge >= 0.3 is 5.97 Å². The lowest BCUT2D eigenvalue weighted by atomic mass is 9.97. The predicted molar refractivity (Wildman–Crippen MR) is 59.6 cm³/mol. The van der Waals surface area contributed by atoms with Crippen LogP contribution in [0.4, 0.5) is 0 Å². The molecule has 0 aliphatic carbocycles. The molecule has 0 bridgehead atoms. The molecule has 0 aromatic rings. The highest BCUT2D eigenvalue weighted by atomic mass is 35.5. The minimum absolute atomic E-state index is 0.116. The van der Waals surface area contributed by atoms with Gasteiger partial charge in [-0.1, -0.05) is 12.8 Å². The SMILES string of the molecule is CC(C)(C)C(=O)OCCCCCCCl. The second kappa shape index (κ2) is 7.10. The van der Waals surface area contributed by atoms with Gasteiger partial charge in [0, 0.05) is 5.88 Å². The average molecular weight is 221 g/mol. The average Bonchev–Trinajstić information content (AvgIpc) is 2.09. The normalized spacial score (nSPS) is 11.4. The van der Waals surface area contributed by atoms with Crippen molar-refractivity contribution in [3.63, 3.8) is 0 Å². The van der Waals surface area contributed by atoms with Crippen LogP contribution in [-0.4, -0.2) is 18.5 Å². The third-order valence-corrected chi connectivity index (χ3v) is 2.14. The van der Waals surface area contributed by atoms with Crippen molar-refractivity contribution in [1.29, 1.82) is 0 Å². The van der Waals surface area contributed by atoms with Crippen LogP contribution in [0.1, 0.15) is 46.5 Å². The molecule has 0 saturated heterocycles. The topological polar surface area (TPSA) is 26.3 Å². The van der Waals surface area contributed by atoms with Gasteiger partial charge in [0.2, 0.25) is 0 Å².